The lowest BCUT2D eigenvalue weighted by molar-refractivity contribution is -0.479. The molecule has 0 bridgehead atoms. The predicted molar refractivity (Wildman–Crippen MR) is 141 cm³/mol. The van der Waals surface area contributed by atoms with Crippen LogP contribution >= 0.6 is 27.7 Å². The fraction of sp³-hybridized carbons (Fsp3) is 0.231. The van der Waals surface area contributed by atoms with Gasteiger partial charge in [0.2, 0.25) is 6.54 Å². The number of thioether (sulfide) groups is 1. The van der Waals surface area contributed by atoms with Crippen LogP contribution in [0, 0.1) is 36.7 Å². The topological polar surface area (TPSA) is 83.1 Å². The highest BCUT2D eigenvalue weighted by Crippen LogP contribution is 2.39. The van der Waals surface area contributed by atoms with Gasteiger partial charge >= 0.3 is 0 Å². The van der Waals surface area contributed by atoms with Crippen molar-refractivity contribution in [1.82, 2.24) is 14.8 Å². The number of halogens is 2. The summed E-state index contributed by atoms with van der Waals surface area (Å²) >= 11 is 4.81. The van der Waals surface area contributed by atoms with Crippen molar-refractivity contribution in [2.24, 2.45) is 0 Å². The first-order valence-corrected chi connectivity index (χ1v) is 12.8. The average molecular weight is 571 g/mol. The number of nitrogens with zero attached hydrogens (tertiary/aromatic N) is 4. The fourth-order valence-corrected chi connectivity index (χ4v) is 5.35. The summed E-state index contributed by atoms with van der Waals surface area (Å²) in [6, 6.07) is 17.7. The summed E-state index contributed by atoms with van der Waals surface area (Å²) in [5, 5.41) is 20.1. The van der Waals surface area contributed by atoms with Crippen molar-refractivity contribution in [3.8, 4) is 11.4 Å². The first-order valence-electron chi connectivity index (χ1n) is 11.2. The highest BCUT2D eigenvalue weighted by atomic mass is 79.9. The summed E-state index contributed by atoms with van der Waals surface area (Å²) in [5.74, 6) is 0.930. The molecule has 1 aromatic heterocycles. The fourth-order valence-electron chi connectivity index (χ4n) is 3.68. The molecule has 0 spiro atoms. The second-order valence-corrected chi connectivity index (χ2v) is 10.4. The number of benzene rings is 3. The molecule has 0 unspecified atom stereocenters. The smallest absolute Gasteiger partial charge is 0.220 e. The van der Waals surface area contributed by atoms with E-state index in [1.165, 1.54) is 29.5 Å². The van der Waals surface area contributed by atoms with Crippen molar-refractivity contribution in [1.29, 1.82) is 0 Å². The Morgan fingerprint density at radius 2 is 1.89 bits per heavy atom. The van der Waals surface area contributed by atoms with E-state index < -0.39 is 5.25 Å². The lowest BCUT2D eigenvalue weighted by Crippen LogP contribution is -2.11. The monoisotopic (exact) mass is 570 g/mol. The van der Waals surface area contributed by atoms with E-state index in [1.807, 2.05) is 43.5 Å². The van der Waals surface area contributed by atoms with Crippen LogP contribution < -0.4 is 4.74 Å². The minimum absolute atomic E-state index is 0.196. The van der Waals surface area contributed by atoms with Crippen LogP contribution in [0.15, 0.2) is 70.3 Å². The Kier molecular flexibility index (Phi) is 8.05. The molecular formula is C26H24BrFN4O3S. The van der Waals surface area contributed by atoms with Crippen molar-refractivity contribution >= 4 is 27.7 Å². The van der Waals surface area contributed by atoms with E-state index in [4.69, 9.17) is 4.74 Å². The summed E-state index contributed by atoms with van der Waals surface area (Å²) in [7, 11) is 0. The van der Waals surface area contributed by atoms with Crippen molar-refractivity contribution < 1.29 is 14.1 Å². The van der Waals surface area contributed by atoms with Gasteiger partial charge in [-0.1, -0.05) is 36.0 Å². The van der Waals surface area contributed by atoms with Gasteiger partial charge in [-0.05, 0) is 95.4 Å². The summed E-state index contributed by atoms with van der Waals surface area (Å²) in [6.07, 6.45) is 0. The maximum atomic E-state index is 13.4. The number of hydrogen-bond acceptors (Lipinski definition) is 6. The summed E-state index contributed by atoms with van der Waals surface area (Å²) < 4.78 is 21.8. The van der Waals surface area contributed by atoms with E-state index in [-0.39, 0.29) is 23.9 Å². The maximum Gasteiger partial charge on any atom is 0.220 e. The third kappa shape index (κ3) is 6.11. The first kappa shape index (κ1) is 25.8. The number of nitro groups is 1. The molecule has 0 saturated carbocycles. The zero-order chi connectivity index (χ0) is 25.8. The van der Waals surface area contributed by atoms with Crippen LogP contribution in [-0.2, 0) is 6.61 Å². The minimum Gasteiger partial charge on any atom is -0.488 e. The van der Waals surface area contributed by atoms with E-state index >= 15 is 0 Å². The zero-order valence-corrected chi connectivity index (χ0v) is 22.3. The molecule has 0 N–H and O–H groups in total. The van der Waals surface area contributed by atoms with Gasteiger partial charge in [-0.2, -0.15) is 0 Å². The molecule has 186 valence electrons. The van der Waals surface area contributed by atoms with Crippen LogP contribution in [0.1, 0.15) is 33.3 Å². The Bertz CT molecular complexity index is 1410. The zero-order valence-electron chi connectivity index (χ0n) is 19.9. The van der Waals surface area contributed by atoms with Gasteiger partial charge in [-0.25, -0.2) is 4.39 Å². The highest BCUT2D eigenvalue weighted by Gasteiger charge is 2.24. The maximum absolute atomic E-state index is 13.4. The molecule has 0 aliphatic carbocycles. The molecule has 7 nitrogen and oxygen atoms in total. The number of aromatic nitrogens is 3. The molecule has 4 aromatic rings. The van der Waals surface area contributed by atoms with E-state index in [0.29, 0.717) is 26.8 Å². The normalized spacial score (nSPS) is 11.9. The second kappa shape index (κ2) is 11.2. The van der Waals surface area contributed by atoms with Gasteiger partial charge in [0.15, 0.2) is 5.16 Å². The van der Waals surface area contributed by atoms with Crippen LogP contribution in [0.25, 0.3) is 5.69 Å². The lowest BCUT2D eigenvalue weighted by Gasteiger charge is -2.16. The Morgan fingerprint density at radius 1 is 1.08 bits per heavy atom. The average Bonchev–Trinajstić information content (AvgIpc) is 3.19. The molecule has 4 rings (SSSR count). The Balaban J connectivity index is 1.59. The molecule has 1 atom stereocenters. The second-order valence-electron chi connectivity index (χ2n) is 8.36. The molecule has 0 radical (unpaired) electrons. The predicted octanol–water partition coefficient (Wildman–Crippen LogP) is 6.78. The largest absolute Gasteiger partial charge is 0.488 e. The van der Waals surface area contributed by atoms with E-state index in [0.717, 1.165) is 16.8 Å². The summed E-state index contributed by atoms with van der Waals surface area (Å²) in [4.78, 5) is 11.2. The van der Waals surface area contributed by atoms with Gasteiger partial charge in [0.25, 0.3) is 0 Å². The van der Waals surface area contributed by atoms with Gasteiger partial charge in [-0.15, -0.1) is 10.2 Å². The molecule has 1 heterocycles. The molecule has 0 fully saturated rings. The van der Waals surface area contributed by atoms with Crippen LogP contribution in [-0.4, -0.2) is 26.2 Å². The SMILES string of the molecule is Cc1ccc(-n2c(C)nnc2S[C@H](C[N+](=O)[O-])c2ccc(OCc3cccc(F)c3)c(Br)c2)cc1C. The highest BCUT2D eigenvalue weighted by molar-refractivity contribution is 9.10. The molecular weight excluding hydrogens is 547 g/mol. The van der Waals surface area contributed by atoms with Gasteiger partial charge in [0, 0.05) is 10.6 Å². The number of aryl methyl sites for hydroxylation is 3. The lowest BCUT2D eigenvalue weighted by atomic mass is 10.1. The number of rotatable bonds is 9. The Hall–Kier alpha value is -3.24. The molecule has 0 amide bonds. The molecule has 10 heteroatoms. The molecule has 36 heavy (non-hydrogen) atoms. The van der Waals surface area contributed by atoms with Gasteiger partial charge in [-0.3, -0.25) is 14.7 Å². The van der Waals surface area contributed by atoms with Crippen molar-refractivity contribution in [2.45, 2.75) is 37.8 Å². The third-order valence-corrected chi connectivity index (χ3v) is 7.52. The van der Waals surface area contributed by atoms with Crippen LogP contribution in [0.2, 0.25) is 0 Å². The van der Waals surface area contributed by atoms with E-state index in [9.17, 15) is 14.5 Å². The van der Waals surface area contributed by atoms with Gasteiger partial charge < -0.3 is 4.74 Å². The third-order valence-electron chi connectivity index (χ3n) is 5.72. The van der Waals surface area contributed by atoms with Crippen molar-refractivity contribution in [2.75, 3.05) is 6.54 Å². The van der Waals surface area contributed by atoms with Gasteiger partial charge in [0.1, 0.15) is 29.2 Å². The van der Waals surface area contributed by atoms with Crippen LogP contribution in [0.4, 0.5) is 4.39 Å². The molecule has 0 aliphatic heterocycles. The minimum atomic E-state index is -0.512. The molecule has 0 aliphatic rings. The van der Waals surface area contributed by atoms with Crippen molar-refractivity contribution in [3.05, 3.63) is 109 Å². The van der Waals surface area contributed by atoms with Crippen LogP contribution in [0.3, 0.4) is 0 Å². The van der Waals surface area contributed by atoms with E-state index in [2.05, 4.69) is 32.2 Å². The van der Waals surface area contributed by atoms with E-state index in [1.54, 1.807) is 24.3 Å². The first-order chi connectivity index (χ1) is 17.2. The summed E-state index contributed by atoms with van der Waals surface area (Å²) in [6.45, 7) is 5.84. The Morgan fingerprint density at radius 3 is 2.58 bits per heavy atom. The van der Waals surface area contributed by atoms with Gasteiger partial charge in [0.05, 0.1) is 4.47 Å². The summed E-state index contributed by atoms with van der Waals surface area (Å²) in [5.41, 5.74) is 4.67. The Labute approximate surface area is 221 Å². The quantitative estimate of drug-likeness (QED) is 0.125. The number of ether oxygens (including phenoxy) is 1. The standard InChI is InChI=1S/C26H24BrFN4O3S/c1-16-7-9-22(11-17(16)2)32-18(3)29-30-26(32)36-25(14-31(33)34)20-8-10-24(23(27)13-20)35-15-19-5-4-6-21(28)12-19/h4-13,25H,14-15H2,1-3H3/t25-/m1/s1. The van der Waals surface area contributed by atoms with Crippen molar-refractivity contribution in [3.63, 3.8) is 0 Å². The molecule has 0 saturated heterocycles. The molecule has 3 aromatic carbocycles. The van der Waals surface area contributed by atoms with Crippen LogP contribution in [0.5, 0.6) is 5.75 Å². The number of hydrogen-bond donors (Lipinski definition) is 0.